The fourth-order valence-electron chi connectivity index (χ4n) is 1.50. The second-order valence-corrected chi connectivity index (χ2v) is 4.56. The molecule has 0 aromatic rings. The van der Waals surface area contributed by atoms with Gasteiger partial charge in [0.2, 0.25) is 0 Å². The fraction of sp³-hybridized carbons (Fsp3) is 1.00. The van der Waals surface area contributed by atoms with Gasteiger partial charge in [0.25, 0.3) is 0 Å². The maximum absolute atomic E-state index is 5.65. The van der Waals surface area contributed by atoms with Crippen LogP contribution in [0.2, 0.25) is 0 Å². The predicted molar refractivity (Wildman–Crippen MR) is 54.8 cm³/mol. The summed E-state index contributed by atoms with van der Waals surface area (Å²) in [5, 5.41) is 3.42. The summed E-state index contributed by atoms with van der Waals surface area (Å²) in [6.07, 6.45) is 4.56. The number of ether oxygens (including phenoxy) is 1. The molecule has 1 rings (SSSR count). The first-order valence-corrected chi connectivity index (χ1v) is 6.00. The quantitative estimate of drug-likeness (QED) is 0.662. The molecule has 0 amide bonds. The molecule has 0 aliphatic carbocycles. The molecule has 1 aliphatic heterocycles. The molecule has 72 valence electrons. The zero-order valence-electron chi connectivity index (χ0n) is 8.06. The van der Waals surface area contributed by atoms with Gasteiger partial charge in [-0.05, 0) is 26.0 Å². The van der Waals surface area contributed by atoms with Crippen molar-refractivity contribution in [2.75, 3.05) is 31.7 Å². The Labute approximate surface area is 79.4 Å². The highest BCUT2D eigenvalue weighted by Gasteiger charge is 2.28. The van der Waals surface area contributed by atoms with Crippen LogP contribution in [0, 0.1) is 0 Å². The first kappa shape index (κ1) is 10.4. The lowest BCUT2D eigenvalue weighted by Gasteiger charge is -2.23. The Morgan fingerprint density at radius 2 is 2.42 bits per heavy atom. The average molecular weight is 189 g/mol. The third kappa shape index (κ3) is 3.33. The van der Waals surface area contributed by atoms with Crippen LogP contribution in [-0.2, 0) is 4.74 Å². The van der Waals surface area contributed by atoms with E-state index in [0.29, 0.717) is 0 Å². The van der Waals surface area contributed by atoms with Gasteiger partial charge in [-0.15, -0.1) is 0 Å². The summed E-state index contributed by atoms with van der Waals surface area (Å²) in [5.74, 6) is 1.19. The Morgan fingerprint density at radius 1 is 1.58 bits per heavy atom. The summed E-state index contributed by atoms with van der Waals surface area (Å²) in [4.78, 5) is 0. The van der Waals surface area contributed by atoms with Crippen molar-refractivity contribution in [3.63, 3.8) is 0 Å². The van der Waals surface area contributed by atoms with Crippen LogP contribution in [0.25, 0.3) is 0 Å². The van der Waals surface area contributed by atoms with Gasteiger partial charge in [-0.3, -0.25) is 0 Å². The highest BCUT2D eigenvalue weighted by molar-refractivity contribution is 7.98. The summed E-state index contributed by atoms with van der Waals surface area (Å²) < 4.78 is 5.65. The smallest absolute Gasteiger partial charge is 0.0779 e. The number of rotatable bonds is 5. The molecule has 1 heterocycles. The third-order valence-corrected chi connectivity index (χ3v) is 2.89. The van der Waals surface area contributed by atoms with E-state index in [9.17, 15) is 0 Å². The molecule has 0 spiro atoms. The molecule has 0 aromatic carbocycles. The summed E-state index contributed by atoms with van der Waals surface area (Å²) in [6.45, 7) is 5.25. The molecule has 0 aromatic heterocycles. The minimum Gasteiger partial charge on any atom is -0.374 e. The molecule has 0 bridgehead atoms. The Kier molecular flexibility index (Phi) is 4.40. The minimum atomic E-state index is 0.123. The van der Waals surface area contributed by atoms with Crippen molar-refractivity contribution in [2.45, 2.75) is 25.4 Å². The van der Waals surface area contributed by atoms with Gasteiger partial charge in [-0.2, -0.15) is 11.8 Å². The van der Waals surface area contributed by atoms with Crippen LogP contribution < -0.4 is 5.32 Å². The summed E-state index contributed by atoms with van der Waals surface area (Å²) in [7, 11) is 0. The number of hydrogen-bond donors (Lipinski definition) is 1. The van der Waals surface area contributed by atoms with E-state index in [4.69, 9.17) is 4.74 Å². The van der Waals surface area contributed by atoms with Gasteiger partial charge >= 0.3 is 0 Å². The highest BCUT2D eigenvalue weighted by Crippen LogP contribution is 2.23. The van der Waals surface area contributed by atoms with Gasteiger partial charge in [-0.25, -0.2) is 0 Å². The van der Waals surface area contributed by atoms with E-state index >= 15 is 0 Å². The van der Waals surface area contributed by atoms with Gasteiger partial charge in [0.15, 0.2) is 0 Å². The molecular formula is C9H19NOS. The zero-order valence-corrected chi connectivity index (χ0v) is 8.88. The SMILES string of the molecule is CSCCNCC1(C)CCCO1. The fourth-order valence-corrected chi connectivity index (χ4v) is 1.85. The molecule has 1 saturated heterocycles. The summed E-state index contributed by atoms with van der Waals surface area (Å²) in [5.41, 5.74) is 0.123. The normalized spacial score (nSPS) is 29.5. The van der Waals surface area contributed by atoms with Crippen molar-refractivity contribution in [3.8, 4) is 0 Å². The Bertz CT molecular complexity index is 124. The van der Waals surface area contributed by atoms with E-state index in [1.165, 1.54) is 18.6 Å². The van der Waals surface area contributed by atoms with Gasteiger partial charge in [0.1, 0.15) is 0 Å². The van der Waals surface area contributed by atoms with Crippen molar-refractivity contribution in [1.29, 1.82) is 0 Å². The van der Waals surface area contributed by atoms with Crippen LogP contribution in [0.1, 0.15) is 19.8 Å². The van der Waals surface area contributed by atoms with Crippen LogP contribution in [0.3, 0.4) is 0 Å². The standard InChI is InChI=1S/C9H19NOS/c1-9(4-3-6-11-9)8-10-5-7-12-2/h10H,3-8H2,1-2H3. The van der Waals surface area contributed by atoms with Gasteiger partial charge in [0, 0.05) is 25.4 Å². The van der Waals surface area contributed by atoms with Crippen LogP contribution in [0.15, 0.2) is 0 Å². The van der Waals surface area contributed by atoms with E-state index in [1.807, 2.05) is 11.8 Å². The molecule has 0 radical (unpaired) electrons. The highest BCUT2D eigenvalue weighted by atomic mass is 32.2. The van der Waals surface area contributed by atoms with E-state index < -0.39 is 0 Å². The molecule has 1 fully saturated rings. The second-order valence-electron chi connectivity index (χ2n) is 3.57. The average Bonchev–Trinajstić information content (AvgIpc) is 2.47. The van der Waals surface area contributed by atoms with E-state index in [-0.39, 0.29) is 5.60 Å². The minimum absolute atomic E-state index is 0.123. The maximum atomic E-state index is 5.65. The second kappa shape index (κ2) is 5.10. The molecule has 2 nitrogen and oxygen atoms in total. The summed E-state index contributed by atoms with van der Waals surface area (Å²) in [6, 6.07) is 0. The Balaban J connectivity index is 2.05. The van der Waals surface area contributed by atoms with Gasteiger partial charge < -0.3 is 10.1 Å². The molecular weight excluding hydrogens is 170 g/mol. The molecule has 1 aliphatic rings. The lowest BCUT2D eigenvalue weighted by atomic mass is 10.0. The van der Waals surface area contributed by atoms with Crippen molar-refractivity contribution in [3.05, 3.63) is 0 Å². The Morgan fingerprint density at radius 3 is 3.00 bits per heavy atom. The van der Waals surface area contributed by atoms with Crippen molar-refractivity contribution in [2.24, 2.45) is 0 Å². The zero-order chi connectivity index (χ0) is 8.86. The monoisotopic (exact) mass is 189 g/mol. The van der Waals surface area contributed by atoms with Crippen molar-refractivity contribution < 1.29 is 4.74 Å². The van der Waals surface area contributed by atoms with Crippen molar-refractivity contribution in [1.82, 2.24) is 5.32 Å². The number of nitrogens with one attached hydrogen (secondary N) is 1. The summed E-state index contributed by atoms with van der Waals surface area (Å²) >= 11 is 1.88. The van der Waals surface area contributed by atoms with Gasteiger partial charge in [0.05, 0.1) is 5.60 Å². The molecule has 0 saturated carbocycles. The van der Waals surface area contributed by atoms with E-state index in [1.54, 1.807) is 0 Å². The molecule has 12 heavy (non-hydrogen) atoms. The van der Waals surface area contributed by atoms with Gasteiger partial charge in [-0.1, -0.05) is 0 Å². The van der Waals surface area contributed by atoms with E-state index in [2.05, 4.69) is 18.5 Å². The van der Waals surface area contributed by atoms with Crippen LogP contribution in [-0.4, -0.2) is 37.3 Å². The predicted octanol–water partition coefficient (Wildman–Crippen LogP) is 1.51. The van der Waals surface area contributed by atoms with Crippen LogP contribution in [0.4, 0.5) is 0 Å². The maximum Gasteiger partial charge on any atom is 0.0779 e. The lowest BCUT2D eigenvalue weighted by Crippen LogP contribution is -2.37. The molecule has 1 unspecified atom stereocenters. The molecule has 3 heteroatoms. The third-order valence-electron chi connectivity index (χ3n) is 2.28. The number of thioether (sulfide) groups is 1. The topological polar surface area (TPSA) is 21.3 Å². The van der Waals surface area contributed by atoms with E-state index in [0.717, 1.165) is 19.7 Å². The largest absolute Gasteiger partial charge is 0.374 e. The molecule has 1 N–H and O–H groups in total. The molecule has 1 atom stereocenters. The van der Waals surface area contributed by atoms with Crippen LogP contribution >= 0.6 is 11.8 Å². The number of hydrogen-bond acceptors (Lipinski definition) is 3. The lowest BCUT2D eigenvalue weighted by molar-refractivity contribution is 0.0214. The van der Waals surface area contributed by atoms with Crippen molar-refractivity contribution >= 4 is 11.8 Å². The van der Waals surface area contributed by atoms with Crippen LogP contribution in [0.5, 0.6) is 0 Å². The first-order chi connectivity index (χ1) is 5.77. The Hall–Kier alpha value is 0.270. The first-order valence-electron chi connectivity index (χ1n) is 4.60.